The molecule has 0 bridgehead atoms. The molecule has 10 heteroatoms. The second-order valence-electron chi connectivity index (χ2n) is 8.57. The lowest BCUT2D eigenvalue weighted by molar-refractivity contribution is -0.133. The summed E-state index contributed by atoms with van der Waals surface area (Å²) in [4.78, 5) is 17.3. The van der Waals surface area contributed by atoms with Gasteiger partial charge in [0.15, 0.2) is 5.16 Å². The van der Waals surface area contributed by atoms with Crippen LogP contribution in [0.1, 0.15) is 68.9 Å². The Balaban J connectivity index is 1.31. The van der Waals surface area contributed by atoms with Crippen molar-refractivity contribution in [2.24, 2.45) is 0 Å². The van der Waals surface area contributed by atoms with Crippen LogP contribution in [-0.2, 0) is 4.79 Å². The number of hydrogen-bond acceptors (Lipinski definition) is 8. The van der Waals surface area contributed by atoms with Crippen molar-refractivity contribution in [3.63, 3.8) is 0 Å². The number of thioether (sulfide) groups is 1. The molecule has 0 aliphatic carbocycles. The number of carbonyl (C=O) groups excluding carboxylic acids is 1. The monoisotopic (exact) mass is 449 g/mol. The zero-order chi connectivity index (χ0) is 21.1. The van der Waals surface area contributed by atoms with Crippen molar-refractivity contribution in [1.29, 1.82) is 0 Å². The number of hydrogen-bond donors (Lipinski definition) is 0. The van der Waals surface area contributed by atoms with E-state index in [4.69, 9.17) is 0 Å². The van der Waals surface area contributed by atoms with Crippen LogP contribution < -0.4 is 0 Å². The average molecular weight is 450 g/mol. The fraction of sp³-hybridized carbons (Fsp3) is 0.750. The highest BCUT2D eigenvalue weighted by Gasteiger charge is 2.30. The van der Waals surface area contributed by atoms with Crippen LogP contribution in [0.25, 0.3) is 0 Å². The number of carbonyl (C=O) groups is 1. The third-order valence-corrected chi connectivity index (χ3v) is 7.44. The molecule has 2 aliphatic rings. The Morgan fingerprint density at radius 1 is 1.17 bits per heavy atom. The highest BCUT2D eigenvalue weighted by Crippen LogP contribution is 2.31. The summed E-state index contributed by atoms with van der Waals surface area (Å²) in [5.74, 6) is 2.11. The van der Waals surface area contributed by atoms with Gasteiger partial charge in [0.1, 0.15) is 5.82 Å². The quantitative estimate of drug-likeness (QED) is 0.627. The first kappa shape index (κ1) is 21.7. The Hall–Kier alpha value is -1.52. The van der Waals surface area contributed by atoms with Gasteiger partial charge < -0.3 is 9.47 Å². The molecule has 2 aromatic heterocycles. The van der Waals surface area contributed by atoms with Gasteiger partial charge in [-0.25, -0.2) is 0 Å². The number of rotatable bonds is 6. The number of nitrogens with zero attached hydrogens (tertiary/aromatic N) is 7. The molecular formula is C20H31N7OS2. The van der Waals surface area contributed by atoms with E-state index in [1.54, 1.807) is 11.8 Å². The molecule has 0 radical (unpaired) electrons. The zero-order valence-electron chi connectivity index (χ0n) is 18.0. The first-order chi connectivity index (χ1) is 14.6. The Bertz CT molecular complexity index is 830. The SMILES string of the molecule is CSc1nnc(C2CCN(CC(=O)N3CCC[C@@H](c4csnn4)C3)CC2)n1C(C)C. The summed E-state index contributed by atoms with van der Waals surface area (Å²) >= 11 is 3.04. The molecule has 164 valence electrons. The average Bonchev–Trinajstić information content (AvgIpc) is 3.44. The summed E-state index contributed by atoms with van der Waals surface area (Å²) < 4.78 is 6.26. The lowest BCUT2D eigenvalue weighted by Crippen LogP contribution is -2.46. The van der Waals surface area contributed by atoms with Crippen molar-refractivity contribution in [3.05, 3.63) is 16.9 Å². The van der Waals surface area contributed by atoms with E-state index in [1.807, 2.05) is 10.3 Å². The number of piperidine rings is 2. The summed E-state index contributed by atoms with van der Waals surface area (Å²) in [5, 5.41) is 16.1. The van der Waals surface area contributed by atoms with Gasteiger partial charge in [-0.3, -0.25) is 9.69 Å². The van der Waals surface area contributed by atoms with Gasteiger partial charge in [-0.05, 0) is 70.4 Å². The van der Waals surface area contributed by atoms with Crippen LogP contribution in [0.3, 0.4) is 0 Å². The van der Waals surface area contributed by atoms with Gasteiger partial charge in [-0.15, -0.1) is 15.3 Å². The third kappa shape index (κ3) is 4.70. The van der Waals surface area contributed by atoms with Gasteiger partial charge in [0.25, 0.3) is 0 Å². The van der Waals surface area contributed by atoms with E-state index in [1.165, 1.54) is 11.5 Å². The van der Waals surface area contributed by atoms with Crippen molar-refractivity contribution in [2.45, 2.75) is 62.6 Å². The highest BCUT2D eigenvalue weighted by atomic mass is 32.2. The maximum absolute atomic E-state index is 12.9. The van der Waals surface area contributed by atoms with Gasteiger partial charge in [-0.2, -0.15) is 0 Å². The fourth-order valence-electron chi connectivity index (χ4n) is 4.63. The van der Waals surface area contributed by atoms with E-state index in [-0.39, 0.29) is 5.91 Å². The molecular weight excluding hydrogens is 418 g/mol. The highest BCUT2D eigenvalue weighted by molar-refractivity contribution is 7.98. The summed E-state index contributed by atoms with van der Waals surface area (Å²) in [5.41, 5.74) is 1.04. The fourth-order valence-corrected chi connectivity index (χ4v) is 5.79. The molecule has 30 heavy (non-hydrogen) atoms. The van der Waals surface area contributed by atoms with Crippen molar-refractivity contribution in [1.82, 2.24) is 34.2 Å². The topological polar surface area (TPSA) is 80.0 Å². The van der Waals surface area contributed by atoms with Crippen molar-refractivity contribution in [3.8, 4) is 0 Å². The Morgan fingerprint density at radius 3 is 2.63 bits per heavy atom. The van der Waals surface area contributed by atoms with E-state index in [9.17, 15) is 4.79 Å². The smallest absolute Gasteiger partial charge is 0.236 e. The molecule has 0 unspecified atom stereocenters. The minimum Gasteiger partial charge on any atom is -0.341 e. The lowest BCUT2D eigenvalue weighted by atomic mass is 9.94. The third-order valence-electron chi connectivity index (χ3n) is 6.27. The molecule has 2 fully saturated rings. The predicted molar refractivity (Wildman–Crippen MR) is 119 cm³/mol. The Morgan fingerprint density at radius 2 is 1.97 bits per heavy atom. The first-order valence-electron chi connectivity index (χ1n) is 10.8. The lowest BCUT2D eigenvalue weighted by Gasteiger charge is -2.35. The number of aromatic nitrogens is 5. The van der Waals surface area contributed by atoms with Gasteiger partial charge in [-0.1, -0.05) is 16.3 Å². The Labute approximate surface area is 186 Å². The Kier molecular flexibility index (Phi) is 7.05. The van der Waals surface area contributed by atoms with E-state index in [0.717, 1.165) is 68.5 Å². The second-order valence-corrected chi connectivity index (χ2v) is 9.95. The normalized spacial score (nSPS) is 21.5. The molecule has 1 amide bonds. The molecule has 4 rings (SSSR count). The maximum atomic E-state index is 12.9. The van der Waals surface area contributed by atoms with Gasteiger partial charge in [0, 0.05) is 36.3 Å². The van der Waals surface area contributed by atoms with E-state index >= 15 is 0 Å². The van der Waals surface area contributed by atoms with Crippen LogP contribution in [0, 0.1) is 0 Å². The summed E-state index contributed by atoms with van der Waals surface area (Å²) in [7, 11) is 0. The summed E-state index contributed by atoms with van der Waals surface area (Å²) in [6.45, 7) is 8.39. The maximum Gasteiger partial charge on any atom is 0.236 e. The molecule has 1 atom stereocenters. The van der Waals surface area contributed by atoms with E-state index in [0.29, 0.717) is 24.4 Å². The zero-order valence-corrected chi connectivity index (χ0v) is 19.7. The minimum absolute atomic E-state index is 0.247. The molecule has 8 nitrogen and oxygen atoms in total. The van der Waals surface area contributed by atoms with E-state index < -0.39 is 0 Å². The molecule has 0 spiro atoms. The van der Waals surface area contributed by atoms with Crippen LogP contribution in [0.2, 0.25) is 0 Å². The minimum atomic E-state index is 0.247. The predicted octanol–water partition coefficient (Wildman–Crippen LogP) is 3.02. The van der Waals surface area contributed by atoms with Crippen molar-refractivity contribution < 1.29 is 4.79 Å². The van der Waals surface area contributed by atoms with Crippen LogP contribution in [0.5, 0.6) is 0 Å². The largest absolute Gasteiger partial charge is 0.341 e. The number of likely N-dealkylation sites (tertiary alicyclic amines) is 2. The molecule has 4 heterocycles. The van der Waals surface area contributed by atoms with Gasteiger partial charge in [0.2, 0.25) is 5.91 Å². The standard InChI is InChI=1S/C20H31N7OS2/c1-14(2)27-19(22-23-20(27)29-3)15-6-9-25(10-7-15)12-18(28)26-8-4-5-16(11-26)17-13-30-24-21-17/h13-16H,4-12H2,1-3H3/t16-/m1/s1. The number of amides is 1. The van der Waals surface area contributed by atoms with E-state index in [2.05, 4.69) is 49.4 Å². The molecule has 2 saturated heterocycles. The molecule has 0 saturated carbocycles. The molecule has 0 aromatic carbocycles. The van der Waals surface area contributed by atoms with Crippen LogP contribution in [-0.4, -0.2) is 79.0 Å². The van der Waals surface area contributed by atoms with Crippen LogP contribution in [0.15, 0.2) is 10.5 Å². The molecule has 2 aromatic rings. The van der Waals surface area contributed by atoms with Crippen molar-refractivity contribution in [2.75, 3.05) is 39.0 Å². The first-order valence-corrected chi connectivity index (χ1v) is 12.9. The summed E-state index contributed by atoms with van der Waals surface area (Å²) in [6, 6.07) is 0.358. The summed E-state index contributed by atoms with van der Waals surface area (Å²) in [6.07, 6.45) is 6.24. The van der Waals surface area contributed by atoms with Gasteiger partial charge >= 0.3 is 0 Å². The molecule has 0 N–H and O–H groups in total. The van der Waals surface area contributed by atoms with Crippen molar-refractivity contribution >= 4 is 29.2 Å². The van der Waals surface area contributed by atoms with Crippen LogP contribution >= 0.6 is 23.3 Å². The van der Waals surface area contributed by atoms with Gasteiger partial charge in [0.05, 0.1) is 12.2 Å². The molecule has 2 aliphatic heterocycles. The second kappa shape index (κ2) is 9.74. The van der Waals surface area contributed by atoms with Crippen LogP contribution in [0.4, 0.5) is 0 Å².